The lowest BCUT2D eigenvalue weighted by molar-refractivity contribution is 0.200. The van der Waals surface area contributed by atoms with Gasteiger partial charge in [0.05, 0.1) is 18.5 Å². The van der Waals surface area contributed by atoms with Gasteiger partial charge in [0.2, 0.25) is 0 Å². The zero-order valence-electron chi connectivity index (χ0n) is 11.0. The molecule has 0 aliphatic carbocycles. The van der Waals surface area contributed by atoms with E-state index >= 15 is 0 Å². The molecule has 0 bridgehead atoms. The zero-order valence-corrected chi connectivity index (χ0v) is 11.0. The Morgan fingerprint density at radius 2 is 2.16 bits per heavy atom. The topological polar surface area (TPSA) is 52.0 Å². The number of ether oxygens (including phenoxy) is 1. The summed E-state index contributed by atoms with van der Waals surface area (Å²) in [4.78, 5) is 1.62. The minimum Gasteiger partial charge on any atom is -0.383 e. The van der Waals surface area contributed by atoms with Gasteiger partial charge in [0.15, 0.2) is 0 Å². The highest BCUT2D eigenvalue weighted by Crippen LogP contribution is 2.04. The van der Waals surface area contributed by atoms with Crippen molar-refractivity contribution in [2.75, 3.05) is 26.8 Å². The van der Waals surface area contributed by atoms with Crippen molar-refractivity contribution >= 4 is 6.08 Å². The quantitative estimate of drug-likeness (QED) is 0.765. The first-order valence-corrected chi connectivity index (χ1v) is 6.24. The van der Waals surface area contributed by atoms with Crippen LogP contribution in [-0.4, -0.2) is 41.8 Å². The Morgan fingerprint density at radius 3 is 2.95 bits per heavy atom. The number of aromatic nitrogens is 3. The van der Waals surface area contributed by atoms with Gasteiger partial charge in [-0.05, 0) is 18.2 Å². The summed E-state index contributed by atoms with van der Waals surface area (Å²) in [5.74, 6) is 0. The highest BCUT2D eigenvalue weighted by Gasteiger charge is 1.98. The molecular weight excluding hydrogens is 240 g/mol. The maximum atomic E-state index is 4.95. The summed E-state index contributed by atoms with van der Waals surface area (Å²) in [6, 6.07) is 9.85. The van der Waals surface area contributed by atoms with Crippen LogP contribution >= 0.6 is 0 Å². The predicted molar refractivity (Wildman–Crippen MR) is 75.1 cm³/mol. The van der Waals surface area contributed by atoms with Gasteiger partial charge in [0, 0.05) is 20.2 Å². The van der Waals surface area contributed by atoms with Gasteiger partial charge in [-0.2, -0.15) is 9.90 Å². The normalized spacial score (nSPS) is 11.2. The van der Waals surface area contributed by atoms with Crippen molar-refractivity contribution in [3.05, 3.63) is 48.3 Å². The van der Waals surface area contributed by atoms with Gasteiger partial charge < -0.3 is 10.1 Å². The fraction of sp³-hybridized carbons (Fsp3) is 0.286. The molecule has 1 heterocycles. The van der Waals surface area contributed by atoms with Crippen LogP contribution in [-0.2, 0) is 4.74 Å². The Kier molecular flexibility index (Phi) is 5.28. The van der Waals surface area contributed by atoms with E-state index in [1.165, 1.54) is 0 Å². The number of hydrogen-bond acceptors (Lipinski definition) is 4. The third-order valence-electron chi connectivity index (χ3n) is 2.53. The highest BCUT2D eigenvalue weighted by molar-refractivity contribution is 5.43. The van der Waals surface area contributed by atoms with Crippen LogP contribution in [0, 0.1) is 0 Å². The largest absolute Gasteiger partial charge is 0.383 e. The summed E-state index contributed by atoms with van der Waals surface area (Å²) in [6.07, 6.45) is 5.72. The molecular formula is C14H18N4O. The average Bonchev–Trinajstić information content (AvgIpc) is 2.92. The molecule has 1 aromatic heterocycles. The second kappa shape index (κ2) is 7.45. The summed E-state index contributed by atoms with van der Waals surface area (Å²) in [7, 11) is 1.69. The number of nitrogens with zero attached hydrogens (tertiary/aromatic N) is 3. The van der Waals surface area contributed by atoms with Gasteiger partial charge in [0.1, 0.15) is 5.69 Å². The molecule has 1 aromatic carbocycles. The monoisotopic (exact) mass is 258 g/mol. The molecule has 0 spiro atoms. The fourth-order valence-electron chi connectivity index (χ4n) is 1.58. The second-order valence-corrected chi connectivity index (χ2v) is 3.99. The molecule has 0 fully saturated rings. The summed E-state index contributed by atoms with van der Waals surface area (Å²) < 4.78 is 4.95. The molecule has 19 heavy (non-hydrogen) atoms. The predicted octanol–water partition coefficient (Wildman–Crippen LogP) is 1.52. The summed E-state index contributed by atoms with van der Waals surface area (Å²) in [6.45, 7) is 2.36. The highest BCUT2D eigenvalue weighted by atomic mass is 16.5. The maximum Gasteiger partial charge on any atom is 0.106 e. The summed E-state index contributed by atoms with van der Waals surface area (Å²) in [5, 5.41) is 11.8. The summed E-state index contributed by atoms with van der Waals surface area (Å²) in [5.41, 5.74) is 1.80. The number of rotatable bonds is 7. The lowest BCUT2D eigenvalue weighted by Gasteiger charge is -1.98. The molecule has 0 saturated heterocycles. The number of benzene rings is 1. The van der Waals surface area contributed by atoms with Crippen molar-refractivity contribution in [2.24, 2.45) is 0 Å². The van der Waals surface area contributed by atoms with Crippen LogP contribution in [0.3, 0.4) is 0 Å². The van der Waals surface area contributed by atoms with Gasteiger partial charge in [-0.1, -0.05) is 24.3 Å². The molecule has 5 nitrogen and oxygen atoms in total. The van der Waals surface area contributed by atoms with E-state index in [-0.39, 0.29) is 0 Å². The Labute approximate surface area is 112 Å². The minimum absolute atomic E-state index is 0.720. The molecule has 0 aliphatic rings. The average molecular weight is 258 g/mol. The Bertz CT molecular complexity index is 507. The molecule has 5 heteroatoms. The van der Waals surface area contributed by atoms with Crippen LogP contribution in [0.2, 0.25) is 0 Å². The van der Waals surface area contributed by atoms with E-state index in [0.29, 0.717) is 0 Å². The van der Waals surface area contributed by atoms with Crippen LogP contribution in [0.1, 0.15) is 5.69 Å². The van der Waals surface area contributed by atoms with E-state index in [0.717, 1.165) is 31.1 Å². The zero-order chi connectivity index (χ0) is 13.3. The van der Waals surface area contributed by atoms with Crippen molar-refractivity contribution in [1.82, 2.24) is 20.3 Å². The fourth-order valence-corrected chi connectivity index (χ4v) is 1.58. The molecule has 1 N–H and O–H groups in total. The van der Waals surface area contributed by atoms with Gasteiger partial charge in [-0.25, -0.2) is 0 Å². The van der Waals surface area contributed by atoms with Crippen LogP contribution in [0.15, 0.2) is 42.6 Å². The standard InChI is InChI=1S/C14H18N4O/c1-19-11-10-15-9-5-6-13-12-16-18(17-13)14-7-3-2-4-8-14/h2-8,12,15H,9-11H2,1H3. The molecule has 0 amide bonds. The van der Waals surface area contributed by atoms with E-state index in [4.69, 9.17) is 4.74 Å². The van der Waals surface area contributed by atoms with Crippen molar-refractivity contribution in [1.29, 1.82) is 0 Å². The first kappa shape index (κ1) is 13.5. The number of nitrogens with one attached hydrogen (secondary N) is 1. The third-order valence-corrected chi connectivity index (χ3v) is 2.53. The van der Waals surface area contributed by atoms with Crippen LogP contribution < -0.4 is 5.32 Å². The van der Waals surface area contributed by atoms with Gasteiger partial charge in [0.25, 0.3) is 0 Å². The molecule has 100 valence electrons. The number of methoxy groups -OCH3 is 1. The third kappa shape index (κ3) is 4.31. The minimum atomic E-state index is 0.720. The first-order chi connectivity index (χ1) is 9.40. The molecule has 0 atom stereocenters. The van der Waals surface area contributed by atoms with Crippen molar-refractivity contribution in [2.45, 2.75) is 0 Å². The van der Waals surface area contributed by atoms with Gasteiger partial charge in [-0.15, -0.1) is 5.10 Å². The number of para-hydroxylation sites is 1. The smallest absolute Gasteiger partial charge is 0.106 e. The lowest BCUT2D eigenvalue weighted by atomic mass is 10.3. The van der Waals surface area contributed by atoms with Crippen LogP contribution in [0.25, 0.3) is 11.8 Å². The molecule has 0 saturated carbocycles. The molecule has 0 unspecified atom stereocenters. The Morgan fingerprint density at radius 1 is 1.32 bits per heavy atom. The number of hydrogen-bond donors (Lipinski definition) is 1. The van der Waals surface area contributed by atoms with Crippen LogP contribution in [0.5, 0.6) is 0 Å². The van der Waals surface area contributed by atoms with Crippen LogP contribution in [0.4, 0.5) is 0 Å². The van der Waals surface area contributed by atoms with E-state index in [2.05, 4.69) is 15.5 Å². The van der Waals surface area contributed by atoms with Gasteiger partial charge in [-0.3, -0.25) is 0 Å². The molecule has 2 aromatic rings. The summed E-state index contributed by atoms with van der Waals surface area (Å²) >= 11 is 0. The Hall–Kier alpha value is -1.98. The Balaban J connectivity index is 1.86. The van der Waals surface area contributed by atoms with E-state index < -0.39 is 0 Å². The molecule has 0 radical (unpaired) electrons. The van der Waals surface area contributed by atoms with E-state index in [1.54, 1.807) is 18.1 Å². The van der Waals surface area contributed by atoms with Crippen molar-refractivity contribution < 1.29 is 4.74 Å². The maximum absolute atomic E-state index is 4.95. The lowest BCUT2D eigenvalue weighted by Crippen LogP contribution is -2.18. The molecule has 2 rings (SSSR count). The second-order valence-electron chi connectivity index (χ2n) is 3.99. The molecule has 0 aliphatic heterocycles. The van der Waals surface area contributed by atoms with E-state index in [1.807, 2.05) is 42.5 Å². The van der Waals surface area contributed by atoms with E-state index in [9.17, 15) is 0 Å². The first-order valence-electron chi connectivity index (χ1n) is 6.24. The van der Waals surface area contributed by atoms with Gasteiger partial charge >= 0.3 is 0 Å². The SMILES string of the molecule is COCCNCC=Cc1cnn(-c2ccccc2)n1. The van der Waals surface area contributed by atoms with Crippen molar-refractivity contribution in [3.63, 3.8) is 0 Å². The van der Waals surface area contributed by atoms with Crippen molar-refractivity contribution in [3.8, 4) is 5.69 Å².